The molecular weight excluding hydrogens is 418 g/mol. The van der Waals surface area contributed by atoms with Crippen LogP contribution in [0.2, 0.25) is 0 Å². The van der Waals surface area contributed by atoms with Crippen molar-refractivity contribution in [3.05, 3.63) is 68.6 Å². The number of ether oxygens (including phenoxy) is 1. The summed E-state index contributed by atoms with van der Waals surface area (Å²) in [4.78, 5) is 35.5. The van der Waals surface area contributed by atoms with Gasteiger partial charge < -0.3 is 9.84 Å². The molecule has 0 unspecified atom stereocenters. The molecule has 29 heavy (non-hydrogen) atoms. The summed E-state index contributed by atoms with van der Waals surface area (Å²) in [5, 5.41) is 21.4. The second-order valence-corrected chi connectivity index (χ2v) is 7.37. The van der Waals surface area contributed by atoms with Crippen LogP contribution in [-0.4, -0.2) is 38.3 Å². The Morgan fingerprint density at radius 2 is 2.10 bits per heavy atom. The van der Waals surface area contributed by atoms with Crippen molar-refractivity contribution in [1.82, 2.24) is 10.4 Å². The highest BCUT2D eigenvalue weighted by atomic mass is 32.2. The molecule has 0 atom stereocenters. The van der Waals surface area contributed by atoms with E-state index in [-0.39, 0.29) is 32.0 Å². The fraction of sp³-hybridized carbons (Fsp3) is 0.0556. The van der Waals surface area contributed by atoms with Gasteiger partial charge in [0.2, 0.25) is 0 Å². The number of benzene rings is 2. The quantitative estimate of drug-likeness (QED) is 0.321. The molecule has 1 saturated heterocycles. The summed E-state index contributed by atoms with van der Waals surface area (Å²) >= 11 is 6.14. The molecule has 0 aliphatic carbocycles. The molecule has 1 heterocycles. The third kappa shape index (κ3) is 4.36. The minimum atomic E-state index is -0.711. The standard InChI is InChI=1S/C18H13N3O6S2/c1-27-14-7-10(5-6-13(14)22)8-15-17(24)20(18(28)29-15)19-16(23)11-3-2-4-12(9-11)21(25)26/h2-9,22H,1H3,(H,19,23). The van der Waals surface area contributed by atoms with Crippen molar-refractivity contribution in [2.75, 3.05) is 7.11 Å². The third-order valence-corrected chi connectivity index (χ3v) is 5.13. The first-order valence-electron chi connectivity index (χ1n) is 8.00. The summed E-state index contributed by atoms with van der Waals surface area (Å²) in [5.41, 5.74) is 2.72. The van der Waals surface area contributed by atoms with Crippen LogP contribution in [0, 0.1) is 10.1 Å². The number of nitro benzene ring substituents is 1. The Balaban J connectivity index is 1.79. The lowest BCUT2D eigenvalue weighted by Gasteiger charge is -2.15. The first-order chi connectivity index (χ1) is 13.8. The van der Waals surface area contributed by atoms with Gasteiger partial charge in [0.1, 0.15) is 0 Å². The zero-order valence-electron chi connectivity index (χ0n) is 14.8. The van der Waals surface area contributed by atoms with Gasteiger partial charge in [0, 0.05) is 17.7 Å². The molecule has 2 aromatic carbocycles. The molecule has 3 rings (SSSR count). The largest absolute Gasteiger partial charge is 0.504 e. The monoisotopic (exact) mass is 431 g/mol. The van der Waals surface area contributed by atoms with Crippen LogP contribution in [0.5, 0.6) is 11.5 Å². The topological polar surface area (TPSA) is 122 Å². The maximum Gasteiger partial charge on any atom is 0.285 e. The Morgan fingerprint density at radius 3 is 2.79 bits per heavy atom. The molecule has 148 valence electrons. The van der Waals surface area contributed by atoms with Crippen LogP contribution in [0.15, 0.2) is 47.4 Å². The summed E-state index contributed by atoms with van der Waals surface area (Å²) in [6, 6.07) is 9.68. The Bertz CT molecular complexity index is 1070. The number of phenols is 1. The van der Waals surface area contributed by atoms with Gasteiger partial charge in [0.25, 0.3) is 17.5 Å². The Labute approximate surface area is 174 Å². The SMILES string of the molecule is COc1cc(C=C2SC(=S)N(NC(=O)c3cccc([N+](=O)[O-])c3)C2=O)ccc1O. The van der Waals surface area contributed by atoms with E-state index in [0.29, 0.717) is 5.56 Å². The number of nitro groups is 1. The minimum Gasteiger partial charge on any atom is -0.504 e. The van der Waals surface area contributed by atoms with E-state index in [9.17, 15) is 24.8 Å². The van der Waals surface area contributed by atoms with E-state index < -0.39 is 16.7 Å². The fourth-order valence-electron chi connectivity index (χ4n) is 2.43. The number of nitrogens with zero attached hydrogens (tertiary/aromatic N) is 2. The molecule has 2 N–H and O–H groups in total. The second-order valence-electron chi connectivity index (χ2n) is 5.70. The summed E-state index contributed by atoms with van der Waals surface area (Å²) < 4.78 is 5.14. The molecule has 9 nitrogen and oxygen atoms in total. The number of hydrogen-bond acceptors (Lipinski definition) is 8. The van der Waals surface area contributed by atoms with Crippen LogP contribution in [0.4, 0.5) is 5.69 Å². The number of carbonyl (C=O) groups excluding carboxylic acids is 2. The van der Waals surface area contributed by atoms with Gasteiger partial charge in [-0.1, -0.05) is 23.9 Å². The number of hydrogen-bond donors (Lipinski definition) is 2. The van der Waals surface area contributed by atoms with Crippen molar-refractivity contribution in [2.45, 2.75) is 0 Å². The first kappa shape index (κ1) is 20.3. The van der Waals surface area contributed by atoms with Crippen LogP contribution in [0.1, 0.15) is 15.9 Å². The van der Waals surface area contributed by atoms with Crippen molar-refractivity contribution in [3.8, 4) is 11.5 Å². The number of hydrazine groups is 1. The van der Waals surface area contributed by atoms with Gasteiger partial charge in [0.15, 0.2) is 15.8 Å². The van der Waals surface area contributed by atoms with Crippen molar-refractivity contribution in [1.29, 1.82) is 0 Å². The lowest BCUT2D eigenvalue weighted by molar-refractivity contribution is -0.384. The van der Waals surface area contributed by atoms with Gasteiger partial charge in [-0.2, -0.15) is 5.01 Å². The van der Waals surface area contributed by atoms with Crippen molar-refractivity contribution >= 4 is 51.9 Å². The maximum absolute atomic E-state index is 12.6. The number of carbonyl (C=O) groups is 2. The molecule has 0 radical (unpaired) electrons. The average molecular weight is 431 g/mol. The molecule has 0 bridgehead atoms. The highest BCUT2D eigenvalue weighted by Crippen LogP contribution is 2.33. The number of rotatable bonds is 5. The molecule has 1 aliphatic rings. The zero-order chi connectivity index (χ0) is 21.1. The molecule has 0 aromatic heterocycles. The summed E-state index contributed by atoms with van der Waals surface area (Å²) in [5.74, 6) is -1.06. The summed E-state index contributed by atoms with van der Waals surface area (Å²) in [6.45, 7) is 0. The van der Waals surface area contributed by atoms with Crippen molar-refractivity contribution < 1.29 is 24.4 Å². The number of nitrogens with one attached hydrogen (secondary N) is 1. The van der Waals surface area contributed by atoms with E-state index in [1.54, 1.807) is 18.2 Å². The van der Waals surface area contributed by atoms with Gasteiger partial charge in [-0.15, -0.1) is 0 Å². The van der Waals surface area contributed by atoms with E-state index in [0.717, 1.165) is 22.8 Å². The lowest BCUT2D eigenvalue weighted by atomic mass is 10.2. The van der Waals surface area contributed by atoms with Gasteiger partial charge >= 0.3 is 0 Å². The number of aromatic hydroxyl groups is 1. The average Bonchev–Trinajstić information content (AvgIpc) is 2.96. The molecule has 0 saturated carbocycles. The lowest BCUT2D eigenvalue weighted by Crippen LogP contribution is -2.44. The first-order valence-corrected chi connectivity index (χ1v) is 9.23. The Kier molecular flexibility index (Phi) is 5.80. The molecule has 1 fully saturated rings. The molecule has 1 aliphatic heterocycles. The highest BCUT2D eigenvalue weighted by Gasteiger charge is 2.34. The molecule has 11 heteroatoms. The van der Waals surface area contributed by atoms with E-state index in [1.807, 2.05) is 0 Å². The van der Waals surface area contributed by atoms with Crippen LogP contribution < -0.4 is 10.2 Å². The molecular formula is C18H13N3O6S2. The third-order valence-electron chi connectivity index (χ3n) is 3.83. The number of thioether (sulfide) groups is 1. The van der Waals surface area contributed by atoms with Gasteiger partial charge in [0.05, 0.1) is 16.9 Å². The maximum atomic E-state index is 12.6. The fourth-order valence-corrected chi connectivity index (χ4v) is 3.61. The van der Waals surface area contributed by atoms with E-state index >= 15 is 0 Å². The predicted molar refractivity (Wildman–Crippen MR) is 110 cm³/mol. The highest BCUT2D eigenvalue weighted by molar-refractivity contribution is 8.26. The van der Waals surface area contributed by atoms with E-state index in [4.69, 9.17) is 17.0 Å². The molecule has 0 spiro atoms. The predicted octanol–water partition coefficient (Wildman–Crippen LogP) is 2.86. The summed E-state index contributed by atoms with van der Waals surface area (Å²) in [6.07, 6.45) is 1.54. The van der Waals surface area contributed by atoms with Crippen LogP contribution in [0.25, 0.3) is 6.08 Å². The van der Waals surface area contributed by atoms with Crippen molar-refractivity contribution in [2.24, 2.45) is 0 Å². The normalized spacial score (nSPS) is 14.9. The molecule has 2 amide bonds. The number of non-ortho nitro benzene ring substituents is 1. The summed E-state index contributed by atoms with van der Waals surface area (Å²) in [7, 11) is 1.40. The van der Waals surface area contributed by atoms with Crippen molar-refractivity contribution in [3.63, 3.8) is 0 Å². The number of methoxy groups -OCH3 is 1. The minimum absolute atomic E-state index is 0.0144. The molecule has 2 aromatic rings. The number of amides is 2. The van der Waals surface area contributed by atoms with Crippen LogP contribution in [-0.2, 0) is 4.79 Å². The number of thiocarbonyl (C=S) groups is 1. The van der Waals surface area contributed by atoms with Crippen LogP contribution >= 0.6 is 24.0 Å². The Hall–Kier alpha value is -3.44. The van der Waals surface area contributed by atoms with Gasteiger partial charge in [-0.05, 0) is 42.1 Å². The second kappa shape index (κ2) is 8.29. The Morgan fingerprint density at radius 1 is 1.34 bits per heavy atom. The number of phenolic OH excluding ortho intramolecular Hbond substituents is 1. The zero-order valence-corrected chi connectivity index (χ0v) is 16.5. The van der Waals surface area contributed by atoms with E-state index in [1.165, 1.54) is 31.4 Å². The smallest absolute Gasteiger partial charge is 0.285 e. The van der Waals surface area contributed by atoms with E-state index in [2.05, 4.69) is 5.43 Å². The van der Waals surface area contributed by atoms with Crippen LogP contribution in [0.3, 0.4) is 0 Å². The van der Waals surface area contributed by atoms with Gasteiger partial charge in [-0.3, -0.25) is 25.1 Å². The van der Waals surface area contributed by atoms with Gasteiger partial charge in [-0.25, -0.2) is 0 Å².